The molecule has 0 saturated heterocycles. The minimum absolute atomic E-state index is 0.457. The van der Waals surface area contributed by atoms with Crippen LogP contribution in [-0.4, -0.2) is 11.0 Å². The second-order valence-corrected chi connectivity index (χ2v) is 5.43. The number of rotatable bonds is 4. The van der Waals surface area contributed by atoms with Gasteiger partial charge in [0.1, 0.15) is 0 Å². The van der Waals surface area contributed by atoms with Gasteiger partial charge in [0.25, 0.3) is 0 Å². The summed E-state index contributed by atoms with van der Waals surface area (Å²) in [7, 11) is 0. The van der Waals surface area contributed by atoms with E-state index in [4.69, 9.17) is 11.6 Å². The van der Waals surface area contributed by atoms with Gasteiger partial charge in [-0.1, -0.05) is 37.6 Å². The monoisotopic (exact) mass is 274 g/mol. The van der Waals surface area contributed by atoms with E-state index < -0.39 is 0 Å². The molecule has 0 aliphatic heterocycles. The molecule has 0 bridgehead atoms. The number of nitrogens with one attached hydrogen (secondary N) is 1. The molecule has 0 spiro atoms. The zero-order valence-corrected chi connectivity index (χ0v) is 12.3. The standard InChI is InChI=1S/C16H19ClN2/c1-11(2)19-10-15-5-4-13(9-16(15)17)14-6-7-18-12(3)8-14/h4-9,11,19H,10H2,1-3H3. The third-order valence-electron chi connectivity index (χ3n) is 2.98. The van der Waals surface area contributed by atoms with Crippen LogP contribution in [0.2, 0.25) is 5.02 Å². The topological polar surface area (TPSA) is 24.9 Å². The summed E-state index contributed by atoms with van der Waals surface area (Å²) < 4.78 is 0. The Morgan fingerprint density at radius 3 is 2.53 bits per heavy atom. The van der Waals surface area contributed by atoms with Crippen LogP contribution >= 0.6 is 11.6 Å². The Kier molecular flexibility index (Phi) is 4.56. The van der Waals surface area contributed by atoms with Crippen molar-refractivity contribution in [1.29, 1.82) is 0 Å². The van der Waals surface area contributed by atoms with Gasteiger partial charge >= 0.3 is 0 Å². The van der Waals surface area contributed by atoms with Crippen LogP contribution in [-0.2, 0) is 6.54 Å². The van der Waals surface area contributed by atoms with Crippen LogP contribution < -0.4 is 5.32 Å². The summed E-state index contributed by atoms with van der Waals surface area (Å²) in [5.74, 6) is 0. The maximum atomic E-state index is 6.35. The fourth-order valence-electron chi connectivity index (χ4n) is 1.91. The van der Waals surface area contributed by atoms with Crippen LogP contribution in [0.15, 0.2) is 36.5 Å². The van der Waals surface area contributed by atoms with Gasteiger partial charge in [0.15, 0.2) is 0 Å². The molecular formula is C16H19ClN2. The van der Waals surface area contributed by atoms with Crippen molar-refractivity contribution < 1.29 is 0 Å². The Morgan fingerprint density at radius 1 is 1.16 bits per heavy atom. The summed E-state index contributed by atoms with van der Waals surface area (Å²) in [5, 5.41) is 4.18. The maximum Gasteiger partial charge on any atom is 0.0457 e. The van der Waals surface area contributed by atoms with Crippen molar-refractivity contribution in [3.8, 4) is 11.1 Å². The van der Waals surface area contributed by atoms with Crippen molar-refractivity contribution in [2.24, 2.45) is 0 Å². The smallest absolute Gasteiger partial charge is 0.0457 e. The molecule has 2 aromatic rings. The summed E-state index contributed by atoms with van der Waals surface area (Å²) in [6, 6.07) is 10.7. The van der Waals surface area contributed by atoms with E-state index in [9.17, 15) is 0 Å². The van der Waals surface area contributed by atoms with Crippen LogP contribution in [0.3, 0.4) is 0 Å². The normalized spacial score (nSPS) is 11.0. The summed E-state index contributed by atoms with van der Waals surface area (Å²) >= 11 is 6.35. The van der Waals surface area contributed by atoms with Gasteiger partial charge in [-0.2, -0.15) is 0 Å². The van der Waals surface area contributed by atoms with E-state index in [1.54, 1.807) is 0 Å². The van der Waals surface area contributed by atoms with Gasteiger partial charge in [0.2, 0.25) is 0 Å². The molecule has 0 fully saturated rings. The fraction of sp³-hybridized carbons (Fsp3) is 0.312. The van der Waals surface area contributed by atoms with Crippen molar-refractivity contribution >= 4 is 11.6 Å². The number of benzene rings is 1. The van der Waals surface area contributed by atoms with Crippen LogP contribution in [0, 0.1) is 6.92 Å². The Hall–Kier alpha value is -1.38. The molecule has 3 heteroatoms. The van der Waals surface area contributed by atoms with E-state index in [-0.39, 0.29) is 0 Å². The van der Waals surface area contributed by atoms with Gasteiger partial charge in [-0.15, -0.1) is 0 Å². The van der Waals surface area contributed by atoms with Gasteiger partial charge in [-0.05, 0) is 41.8 Å². The second-order valence-electron chi connectivity index (χ2n) is 5.03. The average Bonchev–Trinajstić information content (AvgIpc) is 2.37. The van der Waals surface area contributed by atoms with Crippen molar-refractivity contribution in [2.75, 3.05) is 0 Å². The van der Waals surface area contributed by atoms with E-state index in [2.05, 4.69) is 42.3 Å². The van der Waals surface area contributed by atoms with E-state index >= 15 is 0 Å². The lowest BCUT2D eigenvalue weighted by Crippen LogP contribution is -2.21. The van der Waals surface area contributed by atoms with Crippen LogP contribution in [0.5, 0.6) is 0 Å². The molecular weight excluding hydrogens is 256 g/mol. The first-order valence-electron chi connectivity index (χ1n) is 6.51. The lowest BCUT2D eigenvalue weighted by Gasteiger charge is -2.11. The van der Waals surface area contributed by atoms with E-state index in [0.717, 1.165) is 34.0 Å². The summed E-state index contributed by atoms with van der Waals surface area (Å²) in [4.78, 5) is 4.21. The quantitative estimate of drug-likeness (QED) is 0.903. The van der Waals surface area contributed by atoms with Gasteiger partial charge in [-0.3, -0.25) is 4.98 Å². The van der Waals surface area contributed by atoms with Crippen molar-refractivity contribution in [3.05, 3.63) is 52.8 Å². The zero-order valence-electron chi connectivity index (χ0n) is 11.6. The highest BCUT2D eigenvalue weighted by Gasteiger charge is 2.05. The molecule has 19 heavy (non-hydrogen) atoms. The van der Waals surface area contributed by atoms with Crippen LogP contribution in [0.4, 0.5) is 0 Å². The maximum absolute atomic E-state index is 6.35. The van der Waals surface area contributed by atoms with E-state index in [1.165, 1.54) is 0 Å². The summed E-state index contributed by atoms with van der Waals surface area (Å²) in [6.45, 7) is 7.04. The molecule has 100 valence electrons. The summed E-state index contributed by atoms with van der Waals surface area (Å²) in [5.41, 5.74) is 4.42. The Labute approximate surface area is 119 Å². The minimum Gasteiger partial charge on any atom is -0.310 e. The number of pyridine rings is 1. The first-order valence-corrected chi connectivity index (χ1v) is 6.89. The van der Waals surface area contributed by atoms with Gasteiger partial charge in [0, 0.05) is 29.5 Å². The first kappa shape index (κ1) is 14.0. The molecule has 1 heterocycles. The molecule has 0 aliphatic carbocycles. The van der Waals surface area contributed by atoms with E-state index in [1.807, 2.05) is 25.3 Å². The predicted molar refractivity (Wildman–Crippen MR) is 81.4 cm³/mol. The van der Waals surface area contributed by atoms with Gasteiger partial charge in [0.05, 0.1) is 0 Å². The van der Waals surface area contributed by atoms with Crippen molar-refractivity contribution in [1.82, 2.24) is 10.3 Å². The number of aryl methyl sites for hydroxylation is 1. The number of aromatic nitrogens is 1. The molecule has 1 N–H and O–H groups in total. The van der Waals surface area contributed by atoms with Gasteiger partial charge < -0.3 is 5.32 Å². The Balaban J connectivity index is 2.23. The molecule has 0 unspecified atom stereocenters. The molecule has 0 aliphatic rings. The third-order valence-corrected chi connectivity index (χ3v) is 3.34. The van der Waals surface area contributed by atoms with Crippen molar-refractivity contribution in [3.63, 3.8) is 0 Å². The molecule has 1 aromatic heterocycles. The summed E-state index contributed by atoms with van der Waals surface area (Å²) in [6.07, 6.45) is 1.83. The molecule has 0 radical (unpaired) electrons. The lowest BCUT2D eigenvalue weighted by atomic mass is 10.0. The minimum atomic E-state index is 0.457. The lowest BCUT2D eigenvalue weighted by molar-refractivity contribution is 0.589. The Morgan fingerprint density at radius 2 is 1.89 bits per heavy atom. The Bertz CT molecular complexity index is 564. The number of hydrogen-bond donors (Lipinski definition) is 1. The van der Waals surface area contributed by atoms with Gasteiger partial charge in [-0.25, -0.2) is 0 Å². The van der Waals surface area contributed by atoms with Crippen molar-refractivity contribution in [2.45, 2.75) is 33.4 Å². The number of halogens is 1. The molecule has 0 saturated carbocycles. The third kappa shape index (κ3) is 3.79. The van der Waals surface area contributed by atoms with E-state index in [0.29, 0.717) is 6.04 Å². The second kappa shape index (κ2) is 6.18. The predicted octanol–water partition coefficient (Wildman–Crippen LogP) is 4.21. The largest absolute Gasteiger partial charge is 0.310 e. The molecule has 1 aromatic carbocycles. The highest BCUT2D eigenvalue weighted by atomic mass is 35.5. The van der Waals surface area contributed by atoms with Crippen LogP contribution in [0.1, 0.15) is 25.1 Å². The molecule has 2 nitrogen and oxygen atoms in total. The number of nitrogens with zero attached hydrogens (tertiary/aromatic N) is 1. The average molecular weight is 275 g/mol. The SMILES string of the molecule is Cc1cc(-c2ccc(CNC(C)C)c(Cl)c2)ccn1. The molecule has 0 atom stereocenters. The highest BCUT2D eigenvalue weighted by molar-refractivity contribution is 6.31. The first-order chi connectivity index (χ1) is 9.06. The highest BCUT2D eigenvalue weighted by Crippen LogP contribution is 2.25. The molecule has 0 amide bonds. The van der Waals surface area contributed by atoms with Crippen LogP contribution in [0.25, 0.3) is 11.1 Å². The molecule has 2 rings (SSSR count). The fourth-order valence-corrected chi connectivity index (χ4v) is 2.16. The zero-order chi connectivity index (χ0) is 13.8. The number of hydrogen-bond acceptors (Lipinski definition) is 2.